The lowest BCUT2D eigenvalue weighted by Gasteiger charge is -2.34. The molecule has 7 nitrogen and oxygen atoms in total. The highest BCUT2D eigenvalue weighted by Crippen LogP contribution is 2.23. The van der Waals surface area contributed by atoms with Crippen LogP contribution in [0.3, 0.4) is 0 Å². The molecule has 150 valence electrons. The first kappa shape index (κ1) is 19.4. The molecule has 0 aliphatic carbocycles. The van der Waals surface area contributed by atoms with Crippen LogP contribution < -0.4 is 9.64 Å². The van der Waals surface area contributed by atoms with Gasteiger partial charge in [-0.15, -0.1) is 10.2 Å². The minimum absolute atomic E-state index is 0.277. The van der Waals surface area contributed by atoms with Gasteiger partial charge in [0, 0.05) is 31.7 Å². The summed E-state index contributed by atoms with van der Waals surface area (Å²) in [5.41, 5.74) is 1.83. The monoisotopic (exact) mass is 410 g/mol. The number of aromatic nitrogens is 2. The first-order chi connectivity index (χ1) is 14.1. The van der Waals surface area contributed by atoms with Gasteiger partial charge in [0.05, 0.1) is 17.7 Å². The number of nitrogens with zero attached hydrogens (tertiary/aromatic N) is 4. The summed E-state index contributed by atoms with van der Waals surface area (Å²) in [5.74, 6) is 1.39. The van der Waals surface area contributed by atoms with E-state index in [0.29, 0.717) is 31.9 Å². The largest absolute Gasteiger partial charge is 0.497 e. The molecular weight excluding hydrogens is 388 g/mol. The van der Waals surface area contributed by atoms with Gasteiger partial charge in [-0.1, -0.05) is 30.3 Å². The Morgan fingerprint density at radius 2 is 1.52 bits per heavy atom. The van der Waals surface area contributed by atoms with Crippen molar-refractivity contribution in [2.45, 2.75) is 4.90 Å². The molecule has 0 radical (unpaired) electrons. The molecular formula is C21H22N4O3S. The number of hydrogen-bond donors (Lipinski definition) is 0. The van der Waals surface area contributed by atoms with Crippen molar-refractivity contribution in [3.05, 3.63) is 66.7 Å². The van der Waals surface area contributed by atoms with Crippen LogP contribution >= 0.6 is 0 Å². The van der Waals surface area contributed by atoms with Crippen LogP contribution in [0.15, 0.2) is 71.6 Å². The van der Waals surface area contributed by atoms with Gasteiger partial charge in [-0.2, -0.15) is 4.31 Å². The molecule has 1 aliphatic heterocycles. The number of hydrogen-bond acceptors (Lipinski definition) is 6. The third-order valence-corrected chi connectivity index (χ3v) is 6.89. The standard InChI is InChI=1S/C21H22N4O3S/c1-28-18-7-9-19(10-8-18)29(26,27)25-15-13-24(14-16-25)21-12-11-20(22-23-21)17-5-3-2-4-6-17/h2-12H,13-16H2,1H3. The van der Waals surface area contributed by atoms with E-state index in [1.165, 1.54) is 4.31 Å². The molecule has 2 aromatic carbocycles. The molecule has 1 saturated heterocycles. The van der Waals surface area contributed by atoms with Crippen molar-refractivity contribution in [1.82, 2.24) is 14.5 Å². The Kier molecular flexibility index (Phi) is 5.46. The van der Waals surface area contributed by atoms with Crippen molar-refractivity contribution in [3.8, 4) is 17.0 Å². The minimum Gasteiger partial charge on any atom is -0.497 e. The molecule has 0 N–H and O–H groups in total. The highest BCUT2D eigenvalue weighted by Gasteiger charge is 2.29. The van der Waals surface area contributed by atoms with Gasteiger partial charge in [0.15, 0.2) is 5.82 Å². The fraction of sp³-hybridized carbons (Fsp3) is 0.238. The van der Waals surface area contributed by atoms with Crippen LogP contribution in [0.25, 0.3) is 11.3 Å². The smallest absolute Gasteiger partial charge is 0.243 e. The molecule has 0 amide bonds. The van der Waals surface area contributed by atoms with Crippen molar-refractivity contribution >= 4 is 15.8 Å². The summed E-state index contributed by atoms with van der Waals surface area (Å²) in [5, 5.41) is 8.66. The fourth-order valence-electron chi connectivity index (χ4n) is 3.31. The summed E-state index contributed by atoms with van der Waals surface area (Å²) in [6.07, 6.45) is 0. The third-order valence-electron chi connectivity index (χ3n) is 4.98. The van der Waals surface area contributed by atoms with Crippen molar-refractivity contribution < 1.29 is 13.2 Å². The molecule has 8 heteroatoms. The summed E-state index contributed by atoms with van der Waals surface area (Å²) in [6.45, 7) is 1.93. The van der Waals surface area contributed by atoms with Gasteiger partial charge in [0.25, 0.3) is 0 Å². The number of benzene rings is 2. The van der Waals surface area contributed by atoms with E-state index >= 15 is 0 Å². The molecule has 29 heavy (non-hydrogen) atoms. The Bertz CT molecular complexity index is 1050. The van der Waals surface area contributed by atoms with Gasteiger partial charge in [-0.3, -0.25) is 0 Å². The van der Waals surface area contributed by atoms with Gasteiger partial charge in [-0.05, 0) is 36.4 Å². The predicted molar refractivity (Wildman–Crippen MR) is 111 cm³/mol. The molecule has 4 rings (SSSR count). The normalized spacial score (nSPS) is 15.3. The minimum atomic E-state index is -3.52. The number of piperazine rings is 1. The van der Waals surface area contributed by atoms with Crippen molar-refractivity contribution in [2.24, 2.45) is 0 Å². The van der Waals surface area contributed by atoms with Crippen molar-refractivity contribution in [2.75, 3.05) is 38.2 Å². The number of sulfonamides is 1. The molecule has 0 spiro atoms. The zero-order valence-electron chi connectivity index (χ0n) is 16.1. The maximum Gasteiger partial charge on any atom is 0.243 e. The SMILES string of the molecule is COc1ccc(S(=O)(=O)N2CCN(c3ccc(-c4ccccc4)nn3)CC2)cc1. The first-order valence-electron chi connectivity index (χ1n) is 9.36. The second-order valence-electron chi connectivity index (χ2n) is 6.71. The summed E-state index contributed by atoms with van der Waals surface area (Å²) < 4.78 is 32.4. The highest BCUT2D eigenvalue weighted by atomic mass is 32.2. The van der Waals surface area contributed by atoms with E-state index in [1.54, 1.807) is 31.4 Å². The topological polar surface area (TPSA) is 75.6 Å². The Labute approximate surface area is 170 Å². The number of methoxy groups -OCH3 is 1. The molecule has 0 bridgehead atoms. The van der Waals surface area contributed by atoms with Crippen molar-refractivity contribution in [3.63, 3.8) is 0 Å². The van der Waals surface area contributed by atoms with E-state index in [1.807, 2.05) is 42.5 Å². The lowest BCUT2D eigenvalue weighted by Crippen LogP contribution is -2.48. The highest BCUT2D eigenvalue weighted by molar-refractivity contribution is 7.89. The summed E-state index contributed by atoms with van der Waals surface area (Å²) >= 11 is 0. The Morgan fingerprint density at radius 3 is 2.10 bits per heavy atom. The molecule has 0 atom stereocenters. The Hall–Kier alpha value is -2.97. The van der Waals surface area contributed by atoms with Crippen LogP contribution in [-0.2, 0) is 10.0 Å². The van der Waals surface area contributed by atoms with Crippen LogP contribution in [0.2, 0.25) is 0 Å². The maximum absolute atomic E-state index is 12.9. The van der Waals surface area contributed by atoms with Crippen LogP contribution in [0.5, 0.6) is 5.75 Å². The van der Waals surface area contributed by atoms with Crippen LogP contribution in [0, 0.1) is 0 Å². The fourth-order valence-corrected chi connectivity index (χ4v) is 4.73. The second kappa shape index (κ2) is 8.18. The average molecular weight is 410 g/mol. The lowest BCUT2D eigenvalue weighted by atomic mass is 10.1. The van der Waals surface area contributed by atoms with E-state index in [2.05, 4.69) is 15.1 Å². The number of rotatable bonds is 5. The van der Waals surface area contributed by atoms with Gasteiger partial charge in [-0.25, -0.2) is 8.42 Å². The number of ether oxygens (including phenoxy) is 1. The van der Waals surface area contributed by atoms with E-state index in [4.69, 9.17) is 4.74 Å². The van der Waals surface area contributed by atoms with Gasteiger partial charge in [0.1, 0.15) is 5.75 Å². The molecule has 1 aromatic heterocycles. The van der Waals surface area contributed by atoms with Gasteiger partial charge in [0.2, 0.25) is 10.0 Å². The van der Waals surface area contributed by atoms with Crippen molar-refractivity contribution in [1.29, 1.82) is 0 Å². The molecule has 1 aliphatic rings. The van der Waals surface area contributed by atoms with Crippen LogP contribution in [0.4, 0.5) is 5.82 Å². The maximum atomic E-state index is 12.9. The van der Waals surface area contributed by atoms with Gasteiger partial charge < -0.3 is 9.64 Å². The van der Waals surface area contributed by atoms with E-state index in [0.717, 1.165) is 17.1 Å². The van der Waals surface area contributed by atoms with Crippen LogP contribution in [0.1, 0.15) is 0 Å². The lowest BCUT2D eigenvalue weighted by molar-refractivity contribution is 0.383. The molecule has 2 heterocycles. The van der Waals surface area contributed by atoms with Gasteiger partial charge >= 0.3 is 0 Å². The summed E-state index contributed by atoms with van der Waals surface area (Å²) in [4.78, 5) is 2.33. The van der Waals surface area contributed by atoms with Crippen LogP contribution in [-0.4, -0.2) is 56.2 Å². The summed E-state index contributed by atoms with van der Waals surface area (Å²) in [7, 11) is -1.97. The summed E-state index contributed by atoms with van der Waals surface area (Å²) in [6, 6.07) is 20.2. The molecule has 3 aromatic rings. The quantitative estimate of drug-likeness (QED) is 0.644. The molecule has 0 unspecified atom stereocenters. The third kappa shape index (κ3) is 4.08. The molecule has 1 fully saturated rings. The zero-order valence-corrected chi connectivity index (χ0v) is 16.9. The first-order valence-corrected chi connectivity index (χ1v) is 10.8. The number of anilines is 1. The Balaban J connectivity index is 1.42. The predicted octanol–water partition coefficient (Wildman–Crippen LogP) is 2.66. The second-order valence-corrected chi connectivity index (χ2v) is 8.65. The molecule has 0 saturated carbocycles. The van der Waals surface area contributed by atoms with E-state index in [-0.39, 0.29) is 4.90 Å². The average Bonchev–Trinajstić information content (AvgIpc) is 2.80. The van der Waals surface area contributed by atoms with E-state index < -0.39 is 10.0 Å². The van der Waals surface area contributed by atoms with E-state index in [9.17, 15) is 8.42 Å². The Morgan fingerprint density at radius 1 is 0.828 bits per heavy atom. The zero-order chi connectivity index (χ0) is 20.3.